The molecule has 1 aromatic heterocycles. The molecule has 0 aromatic carbocycles. The highest BCUT2D eigenvalue weighted by atomic mass is 16.6. The second-order valence-corrected chi connectivity index (χ2v) is 5.27. The van der Waals surface area contributed by atoms with Crippen LogP contribution in [0, 0.1) is 6.92 Å². The molecule has 0 radical (unpaired) electrons. The molecule has 1 aromatic rings. The van der Waals surface area contributed by atoms with Crippen molar-refractivity contribution in [2.45, 2.75) is 46.3 Å². The Kier molecular flexibility index (Phi) is 4.58. The average molecular weight is 265 g/mol. The van der Waals surface area contributed by atoms with Gasteiger partial charge < -0.3 is 10.1 Å². The Bertz CT molecular complexity index is 463. The zero-order chi connectivity index (χ0) is 14.6. The SMILES string of the molecule is Cc1cnc(C(=O)N[C@@H](C)C(=O)OC(C)(C)C)cn1. The van der Waals surface area contributed by atoms with Crippen LogP contribution in [0.4, 0.5) is 0 Å². The Labute approximate surface area is 112 Å². The molecule has 1 atom stereocenters. The summed E-state index contributed by atoms with van der Waals surface area (Å²) in [6.07, 6.45) is 2.86. The minimum atomic E-state index is -0.741. The number of nitrogens with one attached hydrogen (secondary N) is 1. The van der Waals surface area contributed by atoms with E-state index in [1.165, 1.54) is 12.4 Å². The zero-order valence-corrected chi connectivity index (χ0v) is 11.9. The molecule has 0 saturated heterocycles. The van der Waals surface area contributed by atoms with Gasteiger partial charge in [0.25, 0.3) is 5.91 Å². The predicted molar refractivity (Wildman–Crippen MR) is 69.5 cm³/mol. The molecule has 1 N–H and O–H groups in total. The summed E-state index contributed by atoms with van der Waals surface area (Å²) in [5, 5.41) is 2.52. The van der Waals surface area contributed by atoms with Crippen molar-refractivity contribution in [1.82, 2.24) is 15.3 Å². The lowest BCUT2D eigenvalue weighted by molar-refractivity contribution is -0.156. The van der Waals surface area contributed by atoms with Crippen LogP contribution in [0.25, 0.3) is 0 Å². The maximum absolute atomic E-state index is 11.8. The third-order valence-electron chi connectivity index (χ3n) is 2.12. The van der Waals surface area contributed by atoms with Crippen molar-refractivity contribution in [3.8, 4) is 0 Å². The number of hydrogen-bond donors (Lipinski definition) is 1. The van der Waals surface area contributed by atoms with Crippen LogP contribution < -0.4 is 5.32 Å². The van der Waals surface area contributed by atoms with Crippen LogP contribution in [0.1, 0.15) is 43.9 Å². The molecule has 104 valence electrons. The highest BCUT2D eigenvalue weighted by Crippen LogP contribution is 2.08. The first-order valence-electron chi connectivity index (χ1n) is 6.01. The van der Waals surface area contributed by atoms with Crippen molar-refractivity contribution in [2.75, 3.05) is 0 Å². The summed E-state index contributed by atoms with van der Waals surface area (Å²) in [6.45, 7) is 8.65. The van der Waals surface area contributed by atoms with Crippen molar-refractivity contribution in [3.05, 3.63) is 23.8 Å². The fraction of sp³-hybridized carbons (Fsp3) is 0.538. The standard InChI is InChI=1S/C13H19N3O3/c1-8-6-15-10(7-14-8)11(17)16-9(2)12(18)19-13(3,4)5/h6-7,9H,1-5H3,(H,16,17)/t9-/m0/s1. The first-order chi connectivity index (χ1) is 8.69. The highest BCUT2D eigenvalue weighted by Gasteiger charge is 2.23. The van der Waals surface area contributed by atoms with Gasteiger partial charge in [0.15, 0.2) is 0 Å². The van der Waals surface area contributed by atoms with Crippen LogP contribution in [-0.2, 0) is 9.53 Å². The van der Waals surface area contributed by atoms with Gasteiger partial charge in [-0.15, -0.1) is 0 Å². The molecule has 1 heterocycles. The molecule has 0 bridgehead atoms. The van der Waals surface area contributed by atoms with Gasteiger partial charge in [0.1, 0.15) is 17.3 Å². The quantitative estimate of drug-likeness (QED) is 0.832. The van der Waals surface area contributed by atoms with Gasteiger partial charge in [0.05, 0.1) is 11.9 Å². The maximum atomic E-state index is 11.8. The molecule has 0 spiro atoms. The summed E-state index contributed by atoms with van der Waals surface area (Å²) >= 11 is 0. The molecule has 1 rings (SSSR count). The number of hydrogen-bond acceptors (Lipinski definition) is 5. The largest absolute Gasteiger partial charge is 0.458 e. The van der Waals surface area contributed by atoms with Crippen LogP contribution in [0.5, 0.6) is 0 Å². The van der Waals surface area contributed by atoms with Gasteiger partial charge in [-0.3, -0.25) is 9.78 Å². The summed E-state index contributed by atoms with van der Waals surface area (Å²) in [5.74, 6) is -0.938. The minimum Gasteiger partial charge on any atom is -0.458 e. The molecule has 0 aliphatic rings. The molecule has 0 saturated carbocycles. The van der Waals surface area contributed by atoms with Crippen molar-refractivity contribution in [3.63, 3.8) is 0 Å². The molecule has 1 amide bonds. The van der Waals surface area contributed by atoms with Gasteiger partial charge in [-0.05, 0) is 34.6 Å². The number of aromatic nitrogens is 2. The Hall–Kier alpha value is -1.98. The van der Waals surface area contributed by atoms with E-state index in [4.69, 9.17) is 4.74 Å². The predicted octanol–water partition coefficient (Wildman–Crippen LogP) is 1.25. The van der Waals surface area contributed by atoms with E-state index in [1.807, 2.05) is 0 Å². The van der Waals surface area contributed by atoms with E-state index in [0.29, 0.717) is 0 Å². The van der Waals surface area contributed by atoms with Gasteiger partial charge in [0, 0.05) is 6.20 Å². The second kappa shape index (κ2) is 5.77. The lowest BCUT2D eigenvalue weighted by Crippen LogP contribution is -2.42. The summed E-state index contributed by atoms with van der Waals surface area (Å²) in [4.78, 5) is 31.4. The van der Waals surface area contributed by atoms with E-state index < -0.39 is 23.5 Å². The molecule has 6 heteroatoms. The van der Waals surface area contributed by atoms with Gasteiger partial charge >= 0.3 is 5.97 Å². The Morgan fingerprint density at radius 2 is 1.89 bits per heavy atom. The summed E-state index contributed by atoms with van der Waals surface area (Å²) in [6, 6.07) is -0.741. The molecule has 6 nitrogen and oxygen atoms in total. The maximum Gasteiger partial charge on any atom is 0.328 e. The van der Waals surface area contributed by atoms with Crippen molar-refractivity contribution < 1.29 is 14.3 Å². The van der Waals surface area contributed by atoms with E-state index in [-0.39, 0.29) is 5.69 Å². The van der Waals surface area contributed by atoms with Crippen LogP contribution in [-0.4, -0.2) is 33.5 Å². The summed E-state index contributed by atoms with van der Waals surface area (Å²) in [5.41, 5.74) is 0.303. The molecule has 19 heavy (non-hydrogen) atoms. The molecule has 0 aliphatic carbocycles. The van der Waals surface area contributed by atoms with E-state index in [9.17, 15) is 9.59 Å². The van der Waals surface area contributed by atoms with Crippen LogP contribution >= 0.6 is 0 Å². The average Bonchev–Trinajstić information content (AvgIpc) is 2.27. The summed E-state index contributed by atoms with van der Waals surface area (Å²) in [7, 11) is 0. The number of rotatable bonds is 3. The molecule has 0 fully saturated rings. The molecule has 0 unspecified atom stereocenters. The lowest BCUT2D eigenvalue weighted by Gasteiger charge is -2.22. The minimum absolute atomic E-state index is 0.168. The van der Waals surface area contributed by atoms with Crippen molar-refractivity contribution in [2.24, 2.45) is 0 Å². The smallest absolute Gasteiger partial charge is 0.328 e. The van der Waals surface area contributed by atoms with E-state index >= 15 is 0 Å². The normalized spacial score (nSPS) is 12.7. The highest BCUT2D eigenvalue weighted by molar-refractivity contribution is 5.94. The van der Waals surface area contributed by atoms with Crippen LogP contribution in [0.15, 0.2) is 12.4 Å². The molecular formula is C13H19N3O3. The number of aryl methyl sites for hydroxylation is 1. The fourth-order valence-corrected chi connectivity index (χ4v) is 1.23. The van der Waals surface area contributed by atoms with Gasteiger partial charge in [-0.2, -0.15) is 0 Å². The fourth-order valence-electron chi connectivity index (χ4n) is 1.23. The lowest BCUT2D eigenvalue weighted by atomic mass is 10.2. The molecule has 0 aliphatic heterocycles. The Morgan fingerprint density at radius 3 is 2.37 bits per heavy atom. The first-order valence-corrected chi connectivity index (χ1v) is 6.01. The number of nitrogens with zero attached hydrogens (tertiary/aromatic N) is 2. The van der Waals surface area contributed by atoms with Crippen molar-refractivity contribution in [1.29, 1.82) is 0 Å². The van der Waals surface area contributed by atoms with E-state index in [2.05, 4.69) is 15.3 Å². The van der Waals surface area contributed by atoms with E-state index in [0.717, 1.165) is 5.69 Å². The summed E-state index contributed by atoms with van der Waals surface area (Å²) < 4.78 is 5.17. The van der Waals surface area contributed by atoms with Gasteiger partial charge in [0.2, 0.25) is 0 Å². The van der Waals surface area contributed by atoms with Crippen molar-refractivity contribution >= 4 is 11.9 Å². The van der Waals surface area contributed by atoms with Gasteiger partial charge in [-0.1, -0.05) is 0 Å². The topological polar surface area (TPSA) is 81.2 Å². The number of carbonyl (C=O) groups is 2. The van der Waals surface area contributed by atoms with Crippen LogP contribution in [0.3, 0.4) is 0 Å². The second-order valence-electron chi connectivity index (χ2n) is 5.27. The molecular weight excluding hydrogens is 246 g/mol. The Balaban J connectivity index is 2.61. The monoisotopic (exact) mass is 265 g/mol. The number of carbonyl (C=O) groups excluding carboxylic acids is 2. The third kappa shape index (κ3) is 5.03. The number of ether oxygens (including phenoxy) is 1. The number of amides is 1. The van der Waals surface area contributed by atoms with Gasteiger partial charge in [-0.25, -0.2) is 9.78 Å². The zero-order valence-electron chi connectivity index (χ0n) is 11.9. The van der Waals surface area contributed by atoms with Crippen LogP contribution in [0.2, 0.25) is 0 Å². The van der Waals surface area contributed by atoms with E-state index in [1.54, 1.807) is 34.6 Å². The number of esters is 1. The Morgan fingerprint density at radius 1 is 1.26 bits per heavy atom. The third-order valence-corrected chi connectivity index (χ3v) is 2.12. The first kappa shape index (κ1) is 15.1.